The molecule has 0 unspecified atom stereocenters. The average molecular weight is 500 g/mol. The number of anilines is 3. The van der Waals surface area contributed by atoms with Crippen molar-refractivity contribution in [2.24, 2.45) is 5.92 Å². The molecule has 2 aromatic carbocycles. The molecule has 0 fully saturated rings. The Hall–Kier alpha value is -3.57. The first-order chi connectivity index (χ1) is 17.2. The minimum Gasteiger partial charge on any atom is -0.376 e. The van der Waals surface area contributed by atoms with Crippen molar-refractivity contribution >= 4 is 41.9 Å². The molecule has 3 N–H and O–H groups in total. The van der Waals surface area contributed by atoms with E-state index in [1.807, 2.05) is 60.7 Å². The molecule has 1 heterocycles. The third-order valence-corrected chi connectivity index (χ3v) is 4.95. The van der Waals surface area contributed by atoms with Crippen LogP contribution >= 0.6 is 11.6 Å². The number of amides is 2. The van der Waals surface area contributed by atoms with Gasteiger partial charge in [0.15, 0.2) is 11.0 Å². The molecule has 3 rings (SSSR count). The molecule has 10 nitrogen and oxygen atoms in total. The Morgan fingerprint density at radius 1 is 0.800 bits per heavy atom. The van der Waals surface area contributed by atoms with E-state index >= 15 is 0 Å². The number of ether oxygens (including phenoxy) is 2. The number of hydrogen-bond acceptors (Lipinski definition) is 8. The normalized spacial score (nSPS) is 10.7. The molecule has 11 heteroatoms. The van der Waals surface area contributed by atoms with E-state index in [-0.39, 0.29) is 35.1 Å². The zero-order valence-corrected chi connectivity index (χ0v) is 19.6. The fraction of sp³-hybridized carbons (Fsp3) is 0.250. The van der Waals surface area contributed by atoms with Gasteiger partial charge < -0.3 is 14.8 Å². The van der Waals surface area contributed by atoms with Gasteiger partial charge >= 0.3 is 0 Å². The number of hydrogen-bond donors (Lipinski definition) is 3. The number of carbonyl (C=O) groups is 2. The van der Waals surface area contributed by atoms with Crippen LogP contribution in [0.5, 0.6) is 0 Å². The lowest BCUT2D eigenvalue weighted by molar-refractivity contribution is -0.106. The summed E-state index contributed by atoms with van der Waals surface area (Å²) in [7, 11) is 0. The molecule has 0 spiro atoms. The van der Waals surface area contributed by atoms with Crippen molar-refractivity contribution in [3.05, 3.63) is 76.9 Å². The standard InChI is InChI=1S/C24H26ClN5O5/c25-22-21(26-16-31)23(29-24(28-22)27-17-32)30-35-15-20(13-33-11-18-7-3-1-4-8-18)14-34-12-19-9-5-2-6-10-19/h1-10,16-17,20H,11-15H2,(H,26,31)(H2,27,28,29,30,32). The molecule has 0 saturated heterocycles. The van der Waals surface area contributed by atoms with Gasteiger partial charge in [0, 0.05) is 5.92 Å². The molecule has 0 atom stereocenters. The van der Waals surface area contributed by atoms with Gasteiger partial charge in [-0.15, -0.1) is 0 Å². The van der Waals surface area contributed by atoms with Crippen molar-refractivity contribution in [1.29, 1.82) is 0 Å². The number of benzene rings is 2. The van der Waals surface area contributed by atoms with Gasteiger partial charge in [0.25, 0.3) is 0 Å². The Morgan fingerprint density at radius 2 is 1.37 bits per heavy atom. The predicted molar refractivity (Wildman–Crippen MR) is 132 cm³/mol. The van der Waals surface area contributed by atoms with E-state index in [1.54, 1.807) is 0 Å². The van der Waals surface area contributed by atoms with Crippen LogP contribution in [-0.4, -0.2) is 42.6 Å². The summed E-state index contributed by atoms with van der Waals surface area (Å²) in [4.78, 5) is 35.3. The van der Waals surface area contributed by atoms with E-state index < -0.39 is 0 Å². The van der Waals surface area contributed by atoms with Crippen LogP contribution in [0.1, 0.15) is 11.1 Å². The largest absolute Gasteiger partial charge is 0.376 e. The average Bonchev–Trinajstić information content (AvgIpc) is 2.87. The Balaban J connectivity index is 1.59. The van der Waals surface area contributed by atoms with Crippen LogP contribution in [0.2, 0.25) is 5.15 Å². The van der Waals surface area contributed by atoms with Gasteiger partial charge in [-0.2, -0.15) is 9.97 Å². The molecule has 0 aliphatic heterocycles. The zero-order chi connectivity index (χ0) is 24.7. The first kappa shape index (κ1) is 26.0. The van der Waals surface area contributed by atoms with Crippen LogP contribution < -0.4 is 16.1 Å². The number of nitrogens with one attached hydrogen (secondary N) is 3. The summed E-state index contributed by atoms with van der Waals surface area (Å²) in [6, 6.07) is 19.7. The molecular formula is C24H26ClN5O5. The van der Waals surface area contributed by atoms with Crippen molar-refractivity contribution in [3.63, 3.8) is 0 Å². The highest BCUT2D eigenvalue weighted by Gasteiger charge is 2.15. The van der Waals surface area contributed by atoms with Crippen LogP contribution in [0.25, 0.3) is 0 Å². The summed E-state index contributed by atoms with van der Waals surface area (Å²) in [5.74, 6) is -0.0978. The van der Waals surface area contributed by atoms with Crippen molar-refractivity contribution in [2.45, 2.75) is 13.2 Å². The minimum atomic E-state index is -0.123. The molecule has 0 aliphatic rings. The van der Waals surface area contributed by atoms with E-state index in [2.05, 4.69) is 26.1 Å². The van der Waals surface area contributed by atoms with Crippen molar-refractivity contribution in [2.75, 3.05) is 35.9 Å². The second kappa shape index (κ2) is 14.6. The summed E-state index contributed by atoms with van der Waals surface area (Å²) in [5.41, 5.74) is 4.89. The summed E-state index contributed by atoms with van der Waals surface area (Å²) in [6.45, 7) is 1.88. The molecule has 0 saturated carbocycles. The van der Waals surface area contributed by atoms with E-state index in [0.717, 1.165) is 11.1 Å². The smallest absolute Gasteiger partial charge is 0.232 e. The molecular weight excluding hydrogens is 474 g/mol. The SMILES string of the molecule is O=CNc1nc(Cl)c(NC=O)c(NOCC(COCc2ccccc2)COCc2ccccc2)n1. The minimum absolute atomic E-state index is 0.0542. The molecule has 3 aromatic rings. The van der Waals surface area contributed by atoms with E-state index in [4.69, 9.17) is 25.9 Å². The lowest BCUT2D eigenvalue weighted by atomic mass is 10.2. The third kappa shape index (κ3) is 8.95. The first-order valence-electron chi connectivity index (χ1n) is 10.8. The molecule has 2 amide bonds. The highest BCUT2D eigenvalue weighted by molar-refractivity contribution is 6.33. The van der Waals surface area contributed by atoms with Crippen LogP contribution in [0.3, 0.4) is 0 Å². The van der Waals surface area contributed by atoms with Gasteiger partial charge in [-0.1, -0.05) is 72.3 Å². The molecule has 1 aromatic heterocycles. The van der Waals surface area contributed by atoms with Crippen LogP contribution in [0, 0.1) is 5.92 Å². The van der Waals surface area contributed by atoms with Crippen molar-refractivity contribution in [1.82, 2.24) is 9.97 Å². The Labute approximate surface area is 207 Å². The number of aromatic nitrogens is 2. The van der Waals surface area contributed by atoms with Gasteiger partial charge in [0.1, 0.15) is 5.69 Å². The highest BCUT2D eigenvalue weighted by atomic mass is 35.5. The predicted octanol–water partition coefficient (Wildman–Crippen LogP) is 3.66. The lowest BCUT2D eigenvalue weighted by Crippen LogP contribution is -2.24. The van der Waals surface area contributed by atoms with Gasteiger partial charge in [-0.25, -0.2) is 5.48 Å². The van der Waals surface area contributed by atoms with Crippen molar-refractivity contribution < 1.29 is 23.9 Å². The molecule has 0 bridgehead atoms. The van der Waals surface area contributed by atoms with Crippen molar-refractivity contribution in [3.8, 4) is 0 Å². The van der Waals surface area contributed by atoms with Crippen LogP contribution in [0.15, 0.2) is 60.7 Å². The Morgan fingerprint density at radius 3 is 1.91 bits per heavy atom. The summed E-state index contributed by atoms with van der Waals surface area (Å²) in [6.07, 6.45) is 0.841. The van der Waals surface area contributed by atoms with Gasteiger partial charge in [0.2, 0.25) is 18.8 Å². The second-order valence-corrected chi connectivity index (χ2v) is 7.72. The lowest BCUT2D eigenvalue weighted by Gasteiger charge is -2.19. The molecule has 35 heavy (non-hydrogen) atoms. The van der Waals surface area contributed by atoms with Crippen LogP contribution in [-0.2, 0) is 37.1 Å². The maximum atomic E-state index is 10.9. The Bertz CT molecular complexity index is 1010. The topological polar surface area (TPSA) is 124 Å². The number of nitrogens with zero attached hydrogens (tertiary/aromatic N) is 2. The Kier molecular flexibility index (Phi) is 10.9. The monoisotopic (exact) mass is 499 g/mol. The highest BCUT2D eigenvalue weighted by Crippen LogP contribution is 2.28. The third-order valence-electron chi connectivity index (χ3n) is 4.67. The fourth-order valence-electron chi connectivity index (χ4n) is 3.02. The zero-order valence-electron chi connectivity index (χ0n) is 18.9. The van der Waals surface area contributed by atoms with E-state index in [0.29, 0.717) is 39.2 Å². The first-order valence-corrected chi connectivity index (χ1v) is 11.2. The maximum Gasteiger partial charge on any atom is 0.232 e. The molecule has 0 radical (unpaired) electrons. The number of rotatable bonds is 16. The number of carbonyl (C=O) groups excluding carboxylic acids is 2. The van der Waals surface area contributed by atoms with E-state index in [1.165, 1.54) is 0 Å². The summed E-state index contributed by atoms with van der Waals surface area (Å²) in [5, 5.41) is 4.64. The molecule has 0 aliphatic carbocycles. The summed E-state index contributed by atoms with van der Waals surface area (Å²) >= 11 is 6.08. The maximum absolute atomic E-state index is 10.9. The quantitative estimate of drug-likeness (QED) is 0.155. The van der Waals surface area contributed by atoms with E-state index in [9.17, 15) is 9.59 Å². The van der Waals surface area contributed by atoms with Gasteiger partial charge in [0.05, 0.1) is 33.0 Å². The van der Waals surface area contributed by atoms with Crippen LogP contribution in [0.4, 0.5) is 17.5 Å². The summed E-state index contributed by atoms with van der Waals surface area (Å²) < 4.78 is 11.8. The van der Waals surface area contributed by atoms with Gasteiger partial charge in [-0.3, -0.25) is 19.7 Å². The molecule has 184 valence electrons. The number of halogens is 1. The fourth-order valence-corrected chi connectivity index (χ4v) is 3.24. The second-order valence-electron chi connectivity index (χ2n) is 7.37. The van der Waals surface area contributed by atoms with Gasteiger partial charge in [-0.05, 0) is 11.1 Å².